The number of benzene rings is 1. The molecule has 1 aromatic heterocycles. The SMILES string of the molecule is O=C(CCSc1nnc(Nc2cccc(F)c2)s1)NC(=O)NC1CCCC1. The molecule has 1 heterocycles. The van der Waals surface area contributed by atoms with Crippen LogP contribution in [-0.2, 0) is 4.79 Å². The van der Waals surface area contributed by atoms with Gasteiger partial charge in [0.1, 0.15) is 5.82 Å². The van der Waals surface area contributed by atoms with Crippen LogP contribution in [0.4, 0.5) is 20.0 Å². The first-order valence-corrected chi connectivity index (χ1v) is 10.5. The lowest BCUT2D eigenvalue weighted by atomic mass is 10.2. The van der Waals surface area contributed by atoms with Gasteiger partial charge in [-0.2, -0.15) is 0 Å². The number of amides is 3. The highest BCUT2D eigenvalue weighted by atomic mass is 32.2. The predicted octanol–water partition coefficient (Wildman–Crippen LogP) is 3.67. The minimum Gasteiger partial charge on any atom is -0.335 e. The number of carbonyl (C=O) groups is 2. The second-order valence-electron chi connectivity index (χ2n) is 6.11. The van der Waals surface area contributed by atoms with E-state index in [2.05, 4.69) is 26.1 Å². The quantitative estimate of drug-likeness (QED) is 0.604. The van der Waals surface area contributed by atoms with Gasteiger partial charge in [0, 0.05) is 23.9 Å². The second kappa shape index (κ2) is 9.65. The van der Waals surface area contributed by atoms with E-state index in [4.69, 9.17) is 0 Å². The van der Waals surface area contributed by atoms with Gasteiger partial charge in [-0.1, -0.05) is 42.0 Å². The Hall–Kier alpha value is -2.20. The Morgan fingerprint density at radius 1 is 1.26 bits per heavy atom. The number of urea groups is 1. The summed E-state index contributed by atoms with van der Waals surface area (Å²) in [5.41, 5.74) is 0.593. The summed E-state index contributed by atoms with van der Waals surface area (Å²) in [6, 6.07) is 5.83. The van der Waals surface area contributed by atoms with Crippen molar-refractivity contribution < 1.29 is 14.0 Å². The zero-order valence-corrected chi connectivity index (χ0v) is 16.2. The maximum absolute atomic E-state index is 13.2. The van der Waals surface area contributed by atoms with Crippen molar-refractivity contribution in [3.8, 4) is 0 Å². The number of rotatable bonds is 7. The molecular formula is C17H20FN5O2S2. The monoisotopic (exact) mass is 409 g/mol. The number of anilines is 2. The Balaban J connectivity index is 1.37. The summed E-state index contributed by atoms with van der Waals surface area (Å²) in [6.07, 6.45) is 4.39. The summed E-state index contributed by atoms with van der Waals surface area (Å²) in [6.45, 7) is 0. The van der Waals surface area contributed by atoms with Gasteiger partial charge in [0.25, 0.3) is 0 Å². The molecule has 0 saturated heterocycles. The molecule has 0 spiro atoms. The normalized spacial score (nSPS) is 14.1. The Morgan fingerprint density at radius 3 is 2.85 bits per heavy atom. The summed E-state index contributed by atoms with van der Waals surface area (Å²) < 4.78 is 13.9. The molecule has 1 aliphatic carbocycles. The highest BCUT2D eigenvalue weighted by Gasteiger charge is 2.18. The van der Waals surface area contributed by atoms with Crippen molar-refractivity contribution in [3.63, 3.8) is 0 Å². The average Bonchev–Trinajstić information content (AvgIpc) is 3.27. The first-order chi connectivity index (χ1) is 13.1. The van der Waals surface area contributed by atoms with Crippen LogP contribution in [0.3, 0.4) is 0 Å². The minimum atomic E-state index is -0.422. The molecule has 3 amide bonds. The number of hydrogen-bond acceptors (Lipinski definition) is 7. The highest BCUT2D eigenvalue weighted by Crippen LogP contribution is 2.28. The Morgan fingerprint density at radius 2 is 2.07 bits per heavy atom. The largest absolute Gasteiger partial charge is 0.335 e. The fourth-order valence-corrected chi connectivity index (χ4v) is 4.50. The molecule has 3 N–H and O–H groups in total. The molecule has 0 unspecified atom stereocenters. The van der Waals surface area contributed by atoms with Gasteiger partial charge in [-0.05, 0) is 31.0 Å². The maximum Gasteiger partial charge on any atom is 0.321 e. The van der Waals surface area contributed by atoms with Crippen molar-refractivity contribution in [2.45, 2.75) is 42.5 Å². The standard InChI is InChI=1S/C17H20FN5O2S2/c18-11-4-3-7-13(10-11)20-16-22-23-17(27-16)26-9-8-14(24)21-15(25)19-12-5-1-2-6-12/h3-4,7,10,12H,1-2,5-6,8-9H2,(H,20,22)(H2,19,21,24,25). The van der Waals surface area contributed by atoms with Gasteiger partial charge in [0.05, 0.1) is 0 Å². The van der Waals surface area contributed by atoms with Crippen molar-refractivity contribution in [3.05, 3.63) is 30.1 Å². The highest BCUT2D eigenvalue weighted by molar-refractivity contribution is 8.01. The molecule has 1 saturated carbocycles. The fourth-order valence-electron chi connectivity index (χ4n) is 2.72. The Bertz CT molecular complexity index is 795. The lowest BCUT2D eigenvalue weighted by Crippen LogP contribution is -2.43. The molecule has 2 aromatic rings. The molecule has 1 fully saturated rings. The van der Waals surface area contributed by atoms with Crippen LogP contribution in [0.1, 0.15) is 32.1 Å². The van der Waals surface area contributed by atoms with Gasteiger partial charge in [-0.15, -0.1) is 10.2 Å². The molecular weight excluding hydrogens is 389 g/mol. The van der Waals surface area contributed by atoms with Crippen LogP contribution in [0.2, 0.25) is 0 Å². The lowest BCUT2D eigenvalue weighted by Gasteiger charge is -2.11. The van der Waals surface area contributed by atoms with Gasteiger partial charge in [0.2, 0.25) is 11.0 Å². The number of hydrogen-bond donors (Lipinski definition) is 3. The summed E-state index contributed by atoms with van der Waals surface area (Å²) in [5, 5.41) is 16.7. The van der Waals surface area contributed by atoms with E-state index in [1.165, 1.54) is 35.2 Å². The first kappa shape index (κ1) is 19.6. The van der Waals surface area contributed by atoms with Crippen LogP contribution in [0.15, 0.2) is 28.6 Å². The predicted molar refractivity (Wildman–Crippen MR) is 104 cm³/mol. The average molecular weight is 410 g/mol. The van der Waals surface area contributed by atoms with Crippen molar-refractivity contribution in [2.24, 2.45) is 0 Å². The van der Waals surface area contributed by atoms with E-state index in [0.717, 1.165) is 25.7 Å². The van der Waals surface area contributed by atoms with E-state index in [0.29, 0.717) is 20.9 Å². The third kappa shape index (κ3) is 6.47. The Kier molecular flexibility index (Phi) is 6.99. The molecule has 7 nitrogen and oxygen atoms in total. The van der Waals surface area contributed by atoms with E-state index in [9.17, 15) is 14.0 Å². The van der Waals surface area contributed by atoms with Gasteiger partial charge in [-0.3, -0.25) is 10.1 Å². The number of nitrogens with one attached hydrogen (secondary N) is 3. The molecule has 10 heteroatoms. The summed E-state index contributed by atoms with van der Waals surface area (Å²) in [5.74, 6) is -0.167. The number of nitrogens with zero attached hydrogens (tertiary/aromatic N) is 2. The molecule has 27 heavy (non-hydrogen) atoms. The Labute approximate surface area is 164 Å². The molecule has 0 aliphatic heterocycles. The van der Waals surface area contributed by atoms with E-state index >= 15 is 0 Å². The zero-order chi connectivity index (χ0) is 19.1. The van der Waals surface area contributed by atoms with Crippen LogP contribution in [0, 0.1) is 5.82 Å². The van der Waals surface area contributed by atoms with Crippen molar-refractivity contribution in [1.82, 2.24) is 20.8 Å². The zero-order valence-electron chi connectivity index (χ0n) is 14.5. The van der Waals surface area contributed by atoms with E-state index < -0.39 is 6.03 Å². The number of thioether (sulfide) groups is 1. The topological polar surface area (TPSA) is 96.0 Å². The maximum atomic E-state index is 13.2. The molecule has 1 aromatic carbocycles. The molecule has 3 rings (SSSR count). The molecule has 0 bridgehead atoms. The van der Waals surface area contributed by atoms with Gasteiger partial charge >= 0.3 is 6.03 Å². The first-order valence-electron chi connectivity index (χ1n) is 8.68. The van der Waals surface area contributed by atoms with Gasteiger partial charge in [0.15, 0.2) is 4.34 Å². The minimum absolute atomic E-state index is 0.178. The molecule has 0 atom stereocenters. The van der Waals surface area contributed by atoms with Crippen LogP contribution >= 0.6 is 23.1 Å². The molecule has 1 aliphatic rings. The van der Waals surface area contributed by atoms with Crippen LogP contribution in [0.5, 0.6) is 0 Å². The third-order valence-electron chi connectivity index (χ3n) is 3.98. The summed E-state index contributed by atoms with van der Waals surface area (Å²) >= 11 is 2.70. The number of halogens is 1. The number of imide groups is 1. The third-order valence-corrected chi connectivity index (χ3v) is 5.95. The smallest absolute Gasteiger partial charge is 0.321 e. The van der Waals surface area contributed by atoms with Gasteiger partial charge < -0.3 is 10.6 Å². The number of carbonyl (C=O) groups excluding carboxylic acids is 2. The van der Waals surface area contributed by atoms with E-state index in [1.807, 2.05) is 0 Å². The van der Waals surface area contributed by atoms with E-state index in [1.54, 1.807) is 12.1 Å². The van der Waals surface area contributed by atoms with Crippen LogP contribution in [0.25, 0.3) is 0 Å². The summed E-state index contributed by atoms with van der Waals surface area (Å²) in [4.78, 5) is 23.6. The molecule has 0 radical (unpaired) electrons. The second-order valence-corrected chi connectivity index (χ2v) is 8.43. The summed E-state index contributed by atoms with van der Waals surface area (Å²) in [7, 11) is 0. The van der Waals surface area contributed by atoms with Crippen molar-refractivity contribution >= 4 is 45.9 Å². The van der Waals surface area contributed by atoms with Crippen molar-refractivity contribution in [1.29, 1.82) is 0 Å². The molecule has 144 valence electrons. The van der Waals surface area contributed by atoms with Crippen LogP contribution in [-0.4, -0.2) is 33.9 Å². The lowest BCUT2D eigenvalue weighted by molar-refractivity contribution is -0.119. The number of aromatic nitrogens is 2. The fraction of sp³-hybridized carbons (Fsp3) is 0.412. The van der Waals surface area contributed by atoms with Gasteiger partial charge in [-0.25, -0.2) is 9.18 Å². The van der Waals surface area contributed by atoms with Crippen LogP contribution < -0.4 is 16.0 Å². The van der Waals surface area contributed by atoms with Crippen molar-refractivity contribution in [2.75, 3.05) is 11.1 Å². The van der Waals surface area contributed by atoms with E-state index in [-0.39, 0.29) is 24.2 Å².